The predicted molar refractivity (Wildman–Crippen MR) is 76.1 cm³/mol. The van der Waals surface area contributed by atoms with Gasteiger partial charge in [0, 0.05) is 25.2 Å². The number of aromatic nitrogens is 2. The molecule has 96 valence electrons. The van der Waals surface area contributed by atoms with Crippen LogP contribution in [0.3, 0.4) is 0 Å². The van der Waals surface area contributed by atoms with Crippen LogP contribution in [0.4, 0.5) is 0 Å². The van der Waals surface area contributed by atoms with Crippen molar-refractivity contribution in [2.45, 2.75) is 32.2 Å². The second kappa shape index (κ2) is 5.24. The van der Waals surface area contributed by atoms with Crippen molar-refractivity contribution in [1.82, 2.24) is 14.9 Å². The van der Waals surface area contributed by atoms with Gasteiger partial charge in [-0.05, 0) is 37.8 Å². The summed E-state index contributed by atoms with van der Waals surface area (Å²) in [5, 5.41) is 5.35. The molecule has 4 heteroatoms. The van der Waals surface area contributed by atoms with Gasteiger partial charge in [0.25, 0.3) is 0 Å². The van der Waals surface area contributed by atoms with Gasteiger partial charge in [0.1, 0.15) is 11.5 Å². The van der Waals surface area contributed by atoms with Crippen molar-refractivity contribution in [3.05, 3.63) is 29.0 Å². The summed E-state index contributed by atoms with van der Waals surface area (Å²) >= 11 is 1.79. The van der Waals surface area contributed by atoms with Crippen LogP contribution in [-0.2, 0) is 19.4 Å². The lowest BCUT2D eigenvalue weighted by Crippen LogP contribution is -2.17. The van der Waals surface area contributed by atoms with Crippen LogP contribution in [0.25, 0.3) is 10.6 Å². The van der Waals surface area contributed by atoms with E-state index < -0.39 is 0 Å². The summed E-state index contributed by atoms with van der Waals surface area (Å²) in [6, 6.07) is 4.30. The maximum absolute atomic E-state index is 4.91. The van der Waals surface area contributed by atoms with Crippen molar-refractivity contribution in [3.63, 3.8) is 0 Å². The Morgan fingerprint density at radius 2 is 2.39 bits per heavy atom. The molecule has 0 saturated carbocycles. The second-order valence-corrected chi connectivity index (χ2v) is 5.71. The molecule has 0 radical (unpaired) electrons. The van der Waals surface area contributed by atoms with Crippen molar-refractivity contribution >= 4 is 11.3 Å². The highest BCUT2D eigenvalue weighted by Gasteiger charge is 2.20. The highest BCUT2D eigenvalue weighted by atomic mass is 32.1. The zero-order valence-electron chi connectivity index (χ0n) is 10.8. The van der Waals surface area contributed by atoms with Gasteiger partial charge >= 0.3 is 0 Å². The average molecular weight is 261 g/mol. The Labute approximate surface area is 112 Å². The fourth-order valence-electron chi connectivity index (χ4n) is 2.66. The topological polar surface area (TPSA) is 29.9 Å². The standard InChI is InChI=1S/C14H19N3S/c1-15-8-7-13-16-14(12-6-4-10-18-12)11-5-2-3-9-17(11)13/h4,6,10,15H,2-3,5,7-9H2,1H3. The molecule has 0 aliphatic carbocycles. The third-order valence-corrected chi connectivity index (χ3v) is 4.43. The van der Waals surface area contributed by atoms with Crippen LogP contribution in [0.1, 0.15) is 24.4 Å². The first-order valence-electron chi connectivity index (χ1n) is 6.67. The Kier molecular flexibility index (Phi) is 3.48. The maximum atomic E-state index is 4.91. The number of likely N-dealkylation sites (N-methyl/N-ethyl adjacent to an activating group) is 1. The molecule has 0 atom stereocenters. The number of hydrogen-bond acceptors (Lipinski definition) is 3. The van der Waals surface area contributed by atoms with Gasteiger partial charge in [0.2, 0.25) is 0 Å². The summed E-state index contributed by atoms with van der Waals surface area (Å²) in [7, 11) is 2.00. The summed E-state index contributed by atoms with van der Waals surface area (Å²) in [6.07, 6.45) is 4.80. The third-order valence-electron chi connectivity index (χ3n) is 3.55. The van der Waals surface area contributed by atoms with Gasteiger partial charge in [0.15, 0.2) is 0 Å². The van der Waals surface area contributed by atoms with Crippen LogP contribution in [-0.4, -0.2) is 23.1 Å². The molecule has 1 aliphatic heterocycles. The van der Waals surface area contributed by atoms with Gasteiger partial charge in [-0.15, -0.1) is 11.3 Å². The molecule has 0 unspecified atom stereocenters. The molecule has 0 saturated heterocycles. The minimum atomic E-state index is 1.00. The van der Waals surface area contributed by atoms with Crippen LogP contribution in [0.15, 0.2) is 17.5 Å². The highest BCUT2D eigenvalue weighted by Crippen LogP contribution is 2.31. The van der Waals surface area contributed by atoms with E-state index in [9.17, 15) is 0 Å². The number of thiophene rings is 1. The lowest BCUT2D eigenvalue weighted by Gasteiger charge is -2.17. The molecule has 0 spiro atoms. The number of nitrogens with zero attached hydrogens (tertiary/aromatic N) is 2. The SMILES string of the molecule is CNCCc1nc(-c2cccs2)c2n1CCCC2. The van der Waals surface area contributed by atoms with Crippen molar-refractivity contribution in [2.24, 2.45) is 0 Å². The van der Waals surface area contributed by atoms with Gasteiger partial charge in [0.05, 0.1) is 4.88 Å². The summed E-state index contributed by atoms with van der Waals surface area (Å²) in [5.74, 6) is 1.25. The lowest BCUT2D eigenvalue weighted by molar-refractivity contribution is 0.512. The average Bonchev–Trinajstić information content (AvgIpc) is 3.04. The van der Waals surface area contributed by atoms with E-state index in [4.69, 9.17) is 4.98 Å². The molecule has 2 aromatic heterocycles. The minimum absolute atomic E-state index is 1.00. The van der Waals surface area contributed by atoms with Crippen LogP contribution in [0.2, 0.25) is 0 Å². The van der Waals surface area contributed by atoms with E-state index in [-0.39, 0.29) is 0 Å². The smallest absolute Gasteiger partial charge is 0.110 e. The molecule has 1 N–H and O–H groups in total. The van der Waals surface area contributed by atoms with Gasteiger partial charge < -0.3 is 9.88 Å². The minimum Gasteiger partial charge on any atom is -0.331 e. The van der Waals surface area contributed by atoms with E-state index in [0.717, 1.165) is 19.5 Å². The fraction of sp³-hybridized carbons (Fsp3) is 0.500. The second-order valence-electron chi connectivity index (χ2n) is 4.76. The van der Waals surface area contributed by atoms with Crippen LogP contribution >= 0.6 is 11.3 Å². The largest absolute Gasteiger partial charge is 0.331 e. The van der Waals surface area contributed by atoms with Gasteiger partial charge in [-0.25, -0.2) is 4.98 Å². The van der Waals surface area contributed by atoms with Crippen LogP contribution in [0, 0.1) is 0 Å². The molecular formula is C14H19N3S. The van der Waals surface area contributed by atoms with Gasteiger partial charge in [-0.3, -0.25) is 0 Å². The summed E-state index contributed by atoms with van der Waals surface area (Å²) < 4.78 is 2.45. The number of imidazole rings is 1. The monoisotopic (exact) mass is 261 g/mol. The summed E-state index contributed by atoms with van der Waals surface area (Å²) in [4.78, 5) is 6.22. The maximum Gasteiger partial charge on any atom is 0.110 e. The van der Waals surface area contributed by atoms with Crippen molar-refractivity contribution in [2.75, 3.05) is 13.6 Å². The number of fused-ring (bicyclic) bond motifs is 1. The molecule has 0 aromatic carbocycles. The zero-order chi connectivity index (χ0) is 12.4. The van der Waals surface area contributed by atoms with Crippen molar-refractivity contribution in [3.8, 4) is 10.6 Å². The Bertz CT molecular complexity index is 513. The van der Waals surface area contributed by atoms with Crippen molar-refractivity contribution in [1.29, 1.82) is 0 Å². The zero-order valence-corrected chi connectivity index (χ0v) is 11.6. The van der Waals surface area contributed by atoms with E-state index in [1.54, 1.807) is 11.3 Å². The quantitative estimate of drug-likeness (QED) is 0.917. The molecule has 3 rings (SSSR count). The first kappa shape index (κ1) is 11.9. The van der Waals surface area contributed by atoms with E-state index in [1.807, 2.05) is 7.05 Å². The Hall–Kier alpha value is -1.13. The van der Waals surface area contributed by atoms with E-state index in [0.29, 0.717) is 0 Å². The lowest BCUT2D eigenvalue weighted by atomic mass is 10.1. The molecule has 0 fully saturated rings. The Morgan fingerprint density at radius 1 is 1.44 bits per heavy atom. The normalized spacial score (nSPS) is 14.7. The molecule has 3 nitrogen and oxygen atoms in total. The molecule has 3 heterocycles. The first-order chi connectivity index (χ1) is 8.90. The molecule has 0 bridgehead atoms. The van der Waals surface area contributed by atoms with Gasteiger partial charge in [-0.2, -0.15) is 0 Å². The van der Waals surface area contributed by atoms with E-state index in [1.165, 1.54) is 41.4 Å². The summed E-state index contributed by atoms with van der Waals surface area (Å²) in [5.41, 5.74) is 2.69. The number of nitrogens with one attached hydrogen (secondary N) is 1. The Morgan fingerprint density at radius 3 is 3.17 bits per heavy atom. The van der Waals surface area contributed by atoms with Gasteiger partial charge in [-0.1, -0.05) is 6.07 Å². The first-order valence-corrected chi connectivity index (χ1v) is 7.55. The molecule has 18 heavy (non-hydrogen) atoms. The third kappa shape index (κ3) is 2.10. The highest BCUT2D eigenvalue weighted by molar-refractivity contribution is 7.13. The molecule has 2 aromatic rings. The number of rotatable bonds is 4. The van der Waals surface area contributed by atoms with Crippen molar-refractivity contribution < 1.29 is 0 Å². The van der Waals surface area contributed by atoms with E-state index >= 15 is 0 Å². The Balaban J connectivity index is 2.01. The predicted octanol–water partition coefficient (Wildman–Crippen LogP) is 2.71. The molecular weight excluding hydrogens is 242 g/mol. The number of hydrogen-bond donors (Lipinski definition) is 1. The van der Waals surface area contributed by atoms with Crippen LogP contribution < -0.4 is 5.32 Å². The van der Waals surface area contributed by atoms with E-state index in [2.05, 4.69) is 27.4 Å². The molecule has 1 aliphatic rings. The summed E-state index contributed by atoms with van der Waals surface area (Å²) in [6.45, 7) is 2.15. The molecule has 0 amide bonds. The van der Waals surface area contributed by atoms with Crippen LogP contribution in [0.5, 0.6) is 0 Å². The fourth-order valence-corrected chi connectivity index (χ4v) is 3.39.